The number of hydrogen-bond acceptors (Lipinski definition) is 4. The number of nitrogens with zero attached hydrogens (tertiary/aromatic N) is 3. The van der Waals surface area contributed by atoms with Crippen LogP contribution in [0.3, 0.4) is 0 Å². The Labute approximate surface area is 282 Å². The van der Waals surface area contributed by atoms with Gasteiger partial charge < -0.3 is 9.32 Å². The summed E-state index contributed by atoms with van der Waals surface area (Å²) in [5.41, 5.74) is 11.9. The molecule has 3 aromatic heterocycles. The second-order valence-electron chi connectivity index (χ2n) is 12.2. The van der Waals surface area contributed by atoms with Crippen molar-refractivity contribution in [1.29, 1.82) is 0 Å². The molecule has 0 fully saturated rings. The van der Waals surface area contributed by atoms with Crippen LogP contribution < -0.4 is 4.90 Å². The van der Waals surface area contributed by atoms with Crippen molar-refractivity contribution in [3.8, 4) is 22.3 Å². The summed E-state index contributed by atoms with van der Waals surface area (Å²) in [4.78, 5) is 11.3. The first-order valence-electron chi connectivity index (χ1n) is 17.5. The Morgan fingerprint density at radius 1 is 0.562 bits per heavy atom. The van der Waals surface area contributed by atoms with Crippen LogP contribution in [0.25, 0.3) is 66.0 Å². The van der Waals surface area contributed by atoms with Crippen LogP contribution in [-0.2, 0) is 0 Å². The quantitative estimate of drug-likeness (QED) is 0.180. The molecule has 0 amide bonds. The second kappa shape index (κ2) is 11.2. The average Bonchev–Trinajstić information content (AvgIpc) is 3.51. The maximum atomic E-state index is 8.74. The van der Waals surface area contributed by atoms with Gasteiger partial charge in [-0.1, -0.05) is 66.7 Å². The van der Waals surface area contributed by atoms with E-state index in [9.17, 15) is 0 Å². The molecule has 228 valence electrons. The molecule has 0 radical (unpaired) electrons. The second-order valence-corrected chi connectivity index (χ2v) is 12.2. The SMILES string of the molecule is [2H]c1cc([2H])c(N(c2ccc(-c3ccc4c(c3)oc3cccc(-c5cc6cccnc6c6ncccc56)c34)cc2)c2cc(C)cc(C)c2)c([2H])c1. The third-order valence-electron chi connectivity index (χ3n) is 8.98. The Kier molecular flexibility index (Phi) is 5.82. The Morgan fingerprint density at radius 2 is 1.31 bits per heavy atom. The van der Waals surface area contributed by atoms with Crippen molar-refractivity contribution in [2.24, 2.45) is 0 Å². The standard InChI is InChI=1S/C44H31N3O/c1-28-23-29(2)25-35(24-28)47(33-10-4-3-5-11-33)34-18-15-30(16-19-34)31-17-20-38-41(27-31)48-40-14-6-12-36(42(38)40)39-26-32-9-7-21-45-43(32)44-37(39)13-8-22-46-44/h3-27H,1-2H3/i3D,10D,11D. The molecule has 0 spiro atoms. The molecule has 9 aromatic rings. The van der Waals surface area contributed by atoms with Crippen LogP contribution in [0.1, 0.15) is 15.2 Å². The molecule has 0 bridgehead atoms. The van der Waals surface area contributed by atoms with Crippen molar-refractivity contribution in [2.75, 3.05) is 4.90 Å². The van der Waals surface area contributed by atoms with Crippen LogP contribution in [0.4, 0.5) is 17.1 Å². The van der Waals surface area contributed by atoms with E-state index >= 15 is 0 Å². The van der Waals surface area contributed by atoms with Crippen molar-refractivity contribution >= 4 is 60.8 Å². The fraction of sp³-hybridized carbons (Fsp3) is 0.0455. The van der Waals surface area contributed by atoms with Gasteiger partial charge >= 0.3 is 0 Å². The number of rotatable bonds is 5. The summed E-state index contributed by atoms with van der Waals surface area (Å²) in [6.45, 7) is 4.09. The predicted octanol–water partition coefficient (Wildman–Crippen LogP) is 12.1. The smallest absolute Gasteiger partial charge is 0.136 e. The van der Waals surface area contributed by atoms with Crippen molar-refractivity contribution in [3.05, 3.63) is 163 Å². The lowest BCUT2D eigenvalue weighted by Crippen LogP contribution is -2.10. The summed E-state index contributed by atoms with van der Waals surface area (Å²) in [7, 11) is 0. The molecule has 0 saturated heterocycles. The number of pyridine rings is 2. The summed E-state index contributed by atoms with van der Waals surface area (Å²) in [5, 5.41) is 4.18. The highest BCUT2D eigenvalue weighted by Crippen LogP contribution is 2.42. The number of furan rings is 1. The van der Waals surface area contributed by atoms with E-state index in [2.05, 4.69) is 77.8 Å². The largest absolute Gasteiger partial charge is 0.456 e. The zero-order valence-electron chi connectivity index (χ0n) is 29.5. The molecule has 3 heterocycles. The summed E-state index contributed by atoms with van der Waals surface area (Å²) >= 11 is 0. The molecule has 0 unspecified atom stereocenters. The molecule has 0 aliphatic rings. The average molecular weight is 621 g/mol. The molecule has 4 nitrogen and oxygen atoms in total. The Balaban J connectivity index is 1.15. The van der Waals surface area contributed by atoms with Crippen molar-refractivity contribution in [2.45, 2.75) is 13.8 Å². The summed E-state index contributed by atoms with van der Waals surface area (Å²) < 4.78 is 32.0. The highest BCUT2D eigenvalue weighted by molar-refractivity contribution is 6.18. The van der Waals surface area contributed by atoms with E-state index in [-0.39, 0.29) is 18.1 Å². The Bertz CT molecular complexity index is 2780. The Hall–Kier alpha value is -6.26. The first-order valence-corrected chi connectivity index (χ1v) is 16.0. The van der Waals surface area contributed by atoms with Crippen LogP contribution in [0.15, 0.2) is 156 Å². The van der Waals surface area contributed by atoms with Gasteiger partial charge in [0, 0.05) is 51.0 Å². The van der Waals surface area contributed by atoms with Gasteiger partial charge in [-0.25, -0.2) is 0 Å². The summed E-state index contributed by atoms with van der Waals surface area (Å²) in [5.74, 6) is 0. The normalized spacial score (nSPS) is 12.4. The van der Waals surface area contributed by atoms with Crippen molar-refractivity contribution < 1.29 is 8.53 Å². The van der Waals surface area contributed by atoms with E-state index in [0.29, 0.717) is 5.69 Å². The zero-order chi connectivity index (χ0) is 34.8. The first-order chi connectivity index (χ1) is 24.8. The highest BCUT2D eigenvalue weighted by Gasteiger charge is 2.18. The van der Waals surface area contributed by atoms with Gasteiger partial charge in [0.15, 0.2) is 0 Å². The number of aromatic nitrogens is 2. The van der Waals surface area contributed by atoms with Gasteiger partial charge in [-0.3, -0.25) is 9.97 Å². The van der Waals surface area contributed by atoms with E-state index < -0.39 is 0 Å². The third kappa shape index (κ3) is 4.69. The predicted molar refractivity (Wildman–Crippen MR) is 199 cm³/mol. The Morgan fingerprint density at radius 3 is 2.12 bits per heavy atom. The molecule has 0 aliphatic carbocycles. The topological polar surface area (TPSA) is 42.2 Å². The molecule has 6 aromatic carbocycles. The highest BCUT2D eigenvalue weighted by atomic mass is 16.3. The van der Waals surface area contributed by atoms with Crippen molar-refractivity contribution in [3.63, 3.8) is 0 Å². The fourth-order valence-electron chi connectivity index (χ4n) is 6.95. The molecule has 0 saturated carbocycles. The van der Waals surface area contributed by atoms with Gasteiger partial charge in [-0.2, -0.15) is 0 Å². The molecule has 0 aliphatic heterocycles. The van der Waals surface area contributed by atoms with Gasteiger partial charge in [0.2, 0.25) is 0 Å². The molecule has 0 N–H and O–H groups in total. The monoisotopic (exact) mass is 620 g/mol. The number of hydrogen-bond donors (Lipinski definition) is 0. The van der Waals surface area contributed by atoms with Crippen LogP contribution in [-0.4, -0.2) is 9.97 Å². The van der Waals surface area contributed by atoms with Crippen LogP contribution >= 0.6 is 0 Å². The van der Waals surface area contributed by atoms with Gasteiger partial charge in [-0.05, 0) is 120 Å². The molecular formula is C44H31N3O. The minimum absolute atomic E-state index is 0.134. The summed E-state index contributed by atoms with van der Waals surface area (Å²) in [6.07, 6.45) is 3.63. The van der Waals surface area contributed by atoms with E-state index in [4.69, 9.17) is 13.5 Å². The minimum Gasteiger partial charge on any atom is -0.456 e. The number of fused-ring (bicyclic) bond motifs is 6. The maximum Gasteiger partial charge on any atom is 0.136 e. The summed E-state index contributed by atoms with van der Waals surface area (Å²) in [6, 6.07) is 40.7. The van der Waals surface area contributed by atoms with Crippen LogP contribution in [0, 0.1) is 13.8 Å². The molecular weight excluding hydrogens is 587 g/mol. The lowest BCUT2D eigenvalue weighted by atomic mass is 9.94. The molecule has 4 heteroatoms. The van der Waals surface area contributed by atoms with Gasteiger partial charge in [0.1, 0.15) is 11.2 Å². The van der Waals surface area contributed by atoms with Gasteiger partial charge in [0.25, 0.3) is 0 Å². The molecule has 0 atom stereocenters. The number of benzene rings is 6. The van der Waals surface area contributed by atoms with E-state index in [1.807, 2.05) is 67.5 Å². The third-order valence-corrected chi connectivity index (χ3v) is 8.98. The number of para-hydroxylation sites is 1. The zero-order valence-corrected chi connectivity index (χ0v) is 26.5. The molecule has 9 rings (SSSR count). The lowest BCUT2D eigenvalue weighted by Gasteiger charge is -2.26. The minimum atomic E-state index is 0.134. The number of aryl methyl sites for hydroxylation is 2. The first kappa shape index (κ1) is 24.9. The maximum absolute atomic E-state index is 8.74. The van der Waals surface area contributed by atoms with Crippen LogP contribution in [0.5, 0.6) is 0 Å². The van der Waals surface area contributed by atoms with Gasteiger partial charge in [0.05, 0.1) is 15.1 Å². The van der Waals surface area contributed by atoms with Crippen LogP contribution in [0.2, 0.25) is 0 Å². The number of anilines is 3. The lowest BCUT2D eigenvalue weighted by molar-refractivity contribution is 0.669. The van der Waals surface area contributed by atoms with E-state index in [0.717, 1.165) is 88.5 Å². The van der Waals surface area contributed by atoms with Crippen molar-refractivity contribution in [1.82, 2.24) is 9.97 Å². The van der Waals surface area contributed by atoms with E-state index in [1.165, 1.54) is 12.1 Å². The van der Waals surface area contributed by atoms with Gasteiger partial charge in [-0.15, -0.1) is 0 Å². The fourth-order valence-corrected chi connectivity index (χ4v) is 6.95. The molecule has 48 heavy (non-hydrogen) atoms. The van der Waals surface area contributed by atoms with E-state index in [1.54, 1.807) is 0 Å².